The van der Waals surface area contributed by atoms with E-state index in [-0.39, 0.29) is 23.9 Å². The number of carbonyl (C=O) groups is 1. The van der Waals surface area contributed by atoms with Crippen LogP contribution in [0.3, 0.4) is 0 Å². The van der Waals surface area contributed by atoms with Gasteiger partial charge in [-0.05, 0) is 49.3 Å². The Bertz CT molecular complexity index is 605. The second-order valence-electron chi connectivity index (χ2n) is 6.76. The summed E-state index contributed by atoms with van der Waals surface area (Å²) in [6.45, 7) is -0.244. The molecule has 2 saturated heterocycles. The standard InChI is InChI=1S/C17H20F4N2O/c18-12-2-1-11(15(8-12)17(19,20)21)9-22-16(24)7-10-5-13-3-4-14(6-10)23-13/h1-2,8,10,13-14,23H,3-7,9H2,(H,22,24). The first-order valence-corrected chi connectivity index (χ1v) is 8.19. The Morgan fingerprint density at radius 2 is 1.88 bits per heavy atom. The first-order valence-electron chi connectivity index (χ1n) is 8.19. The van der Waals surface area contributed by atoms with Gasteiger partial charge in [-0.25, -0.2) is 4.39 Å². The van der Waals surface area contributed by atoms with Crippen LogP contribution in [0, 0.1) is 11.7 Å². The molecule has 2 atom stereocenters. The van der Waals surface area contributed by atoms with Gasteiger partial charge in [-0.2, -0.15) is 13.2 Å². The molecule has 7 heteroatoms. The number of halogens is 4. The quantitative estimate of drug-likeness (QED) is 0.822. The van der Waals surface area contributed by atoms with Crippen molar-refractivity contribution in [3.8, 4) is 0 Å². The van der Waals surface area contributed by atoms with Crippen LogP contribution in [-0.2, 0) is 17.5 Å². The summed E-state index contributed by atoms with van der Waals surface area (Å²) in [5.74, 6) is -0.916. The maximum atomic E-state index is 13.1. The van der Waals surface area contributed by atoms with Crippen LogP contribution in [0.1, 0.15) is 43.2 Å². The number of nitrogens with one attached hydrogen (secondary N) is 2. The number of hydrogen-bond donors (Lipinski definition) is 2. The van der Waals surface area contributed by atoms with Gasteiger partial charge in [-0.15, -0.1) is 0 Å². The lowest BCUT2D eigenvalue weighted by Crippen LogP contribution is -2.39. The SMILES string of the molecule is O=C(CC1CC2CCC(C1)N2)NCc1ccc(F)cc1C(F)(F)F. The number of carbonyl (C=O) groups excluding carboxylic acids is 1. The predicted octanol–water partition coefficient (Wildman–Crippen LogP) is 3.38. The minimum absolute atomic E-state index is 0.123. The highest BCUT2D eigenvalue weighted by Crippen LogP contribution is 2.34. The number of fused-ring (bicyclic) bond motifs is 2. The van der Waals surface area contributed by atoms with Gasteiger partial charge in [0.1, 0.15) is 5.82 Å². The van der Waals surface area contributed by atoms with Crippen molar-refractivity contribution in [1.29, 1.82) is 0 Å². The van der Waals surface area contributed by atoms with Crippen LogP contribution in [0.4, 0.5) is 17.6 Å². The van der Waals surface area contributed by atoms with Crippen LogP contribution in [-0.4, -0.2) is 18.0 Å². The summed E-state index contributed by atoms with van der Waals surface area (Å²) in [4.78, 5) is 12.1. The minimum atomic E-state index is -4.64. The summed E-state index contributed by atoms with van der Waals surface area (Å²) in [5, 5.41) is 6.03. The number of alkyl halides is 3. The number of piperidine rings is 1. The fraction of sp³-hybridized carbons (Fsp3) is 0.588. The lowest BCUT2D eigenvalue weighted by molar-refractivity contribution is -0.138. The van der Waals surface area contributed by atoms with Crippen molar-refractivity contribution in [2.24, 2.45) is 5.92 Å². The lowest BCUT2D eigenvalue weighted by atomic mass is 9.89. The fourth-order valence-corrected chi connectivity index (χ4v) is 3.84. The summed E-state index contributed by atoms with van der Waals surface area (Å²) >= 11 is 0. The fourth-order valence-electron chi connectivity index (χ4n) is 3.84. The minimum Gasteiger partial charge on any atom is -0.352 e. The van der Waals surface area contributed by atoms with Gasteiger partial charge >= 0.3 is 6.18 Å². The Morgan fingerprint density at radius 1 is 1.21 bits per heavy atom. The third-order valence-corrected chi connectivity index (χ3v) is 4.90. The maximum absolute atomic E-state index is 13.1. The van der Waals surface area contributed by atoms with Crippen molar-refractivity contribution in [2.75, 3.05) is 0 Å². The molecule has 2 aliphatic rings. The third-order valence-electron chi connectivity index (χ3n) is 4.90. The molecule has 2 fully saturated rings. The number of rotatable bonds is 4. The maximum Gasteiger partial charge on any atom is 0.416 e. The van der Waals surface area contributed by atoms with Crippen LogP contribution in [0.2, 0.25) is 0 Å². The van der Waals surface area contributed by atoms with Gasteiger partial charge in [0.15, 0.2) is 0 Å². The van der Waals surface area contributed by atoms with E-state index in [9.17, 15) is 22.4 Å². The first-order chi connectivity index (χ1) is 11.3. The smallest absolute Gasteiger partial charge is 0.352 e. The lowest BCUT2D eigenvalue weighted by Gasteiger charge is -2.28. The van der Waals surface area contributed by atoms with Gasteiger partial charge < -0.3 is 10.6 Å². The van der Waals surface area contributed by atoms with Crippen molar-refractivity contribution in [1.82, 2.24) is 10.6 Å². The first kappa shape index (κ1) is 17.2. The molecule has 3 rings (SSSR count). The molecule has 24 heavy (non-hydrogen) atoms. The van der Waals surface area contributed by atoms with E-state index in [1.54, 1.807) is 0 Å². The largest absolute Gasteiger partial charge is 0.416 e. The van der Waals surface area contributed by atoms with Gasteiger partial charge in [0.05, 0.1) is 5.56 Å². The molecule has 2 heterocycles. The molecule has 2 N–H and O–H groups in total. The zero-order valence-electron chi connectivity index (χ0n) is 13.1. The van der Waals surface area contributed by atoms with Crippen molar-refractivity contribution in [3.63, 3.8) is 0 Å². The van der Waals surface area contributed by atoms with Gasteiger partial charge in [-0.3, -0.25) is 4.79 Å². The highest BCUT2D eigenvalue weighted by molar-refractivity contribution is 5.76. The Hall–Kier alpha value is -1.63. The molecule has 3 nitrogen and oxygen atoms in total. The highest BCUT2D eigenvalue weighted by atomic mass is 19.4. The molecule has 2 aliphatic heterocycles. The van der Waals surface area contributed by atoms with E-state index in [1.807, 2.05) is 0 Å². The molecule has 0 saturated carbocycles. The Labute approximate surface area is 137 Å². The molecular formula is C17H20F4N2O. The van der Waals surface area contributed by atoms with E-state index in [4.69, 9.17) is 0 Å². The van der Waals surface area contributed by atoms with Gasteiger partial charge in [0.2, 0.25) is 5.91 Å². The van der Waals surface area contributed by atoms with E-state index in [1.165, 1.54) is 0 Å². The van der Waals surface area contributed by atoms with Crippen molar-refractivity contribution < 1.29 is 22.4 Å². The molecule has 132 valence electrons. The van der Waals surface area contributed by atoms with E-state index in [0.717, 1.165) is 37.8 Å². The van der Waals surface area contributed by atoms with E-state index < -0.39 is 17.6 Å². The second-order valence-corrected chi connectivity index (χ2v) is 6.76. The Balaban J connectivity index is 1.57. The molecule has 0 spiro atoms. The van der Waals surface area contributed by atoms with E-state index in [2.05, 4.69) is 10.6 Å². The highest BCUT2D eigenvalue weighted by Gasteiger charge is 2.35. The third kappa shape index (κ3) is 4.06. The van der Waals surface area contributed by atoms with Gasteiger partial charge in [0, 0.05) is 25.0 Å². The zero-order valence-corrected chi connectivity index (χ0v) is 13.1. The average Bonchev–Trinajstić information content (AvgIpc) is 2.84. The summed E-state index contributed by atoms with van der Waals surface area (Å²) in [7, 11) is 0. The molecule has 0 radical (unpaired) electrons. The number of amides is 1. The van der Waals surface area contributed by atoms with Crippen LogP contribution < -0.4 is 10.6 Å². The van der Waals surface area contributed by atoms with Crippen LogP contribution in [0.5, 0.6) is 0 Å². The number of hydrogen-bond acceptors (Lipinski definition) is 2. The van der Waals surface area contributed by atoms with Gasteiger partial charge in [0.25, 0.3) is 0 Å². The van der Waals surface area contributed by atoms with Crippen LogP contribution >= 0.6 is 0 Å². The van der Waals surface area contributed by atoms with Crippen LogP contribution in [0.15, 0.2) is 18.2 Å². The summed E-state index contributed by atoms with van der Waals surface area (Å²) < 4.78 is 51.9. The Morgan fingerprint density at radius 3 is 2.50 bits per heavy atom. The normalized spacial score (nSPS) is 26.4. The predicted molar refractivity (Wildman–Crippen MR) is 80.5 cm³/mol. The summed E-state index contributed by atoms with van der Waals surface area (Å²) in [6.07, 6.45) is -0.170. The van der Waals surface area contributed by atoms with Crippen molar-refractivity contribution in [3.05, 3.63) is 35.1 Å². The molecule has 1 aromatic carbocycles. The summed E-state index contributed by atoms with van der Waals surface area (Å²) in [6, 6.07) is 3.45. The van der Waals surface area contributed by atoms with Gasteiger partial charge in [-0.1, -0.05) is 6.07 Å². The van der Waals surface area contributed by atoms with Crippen LogP contribution in [0.25, 0.3) is 0 Å². The van der Waals surface area contributed by atoms with E-state index in [0.29, 0.717) is 24.6 Å². The Kier molecular flexibility index (Phi) is 4.80. The monoisotopic (exact) mass is 344 g/mol. The van der Waals surface area contributed by atoms with E-state index >= 15 is 0 Å². The molecule has 2 bridgehead atoms. The summed E-state index contributed by atoms with van der Waals surface area (Å²) in [5.41, 5.74) is -1.16. The van der Waals surface area contributed by atoms with Crippen molar-refractivity contribution >= 4 is 5.91 Å². The molecule has 0 aromatic heterocycles. The topological polar surface area (TPSA) is 41.1 Å². The zero-order chi connectivity index (χ0) is 17.3. The molecule has 1 aromatic rings. The molecule has 0 aliphatic carbocycles. The molecule has 1 amide bonds. The van der Waals surface area contributed by atoms with Crippen molar-refractivity contribution in [2.45, 2.75) is 56.9 Å². The molecule has 2 unspecified atom stereocenters. The average molecular weight is 344 g/mol. The molecular weight excluding hydrogens is 324 g/mol. The second kappa shape index (κ2) is 6.70. The number of benzene rings is 1.